The van der Waals surface area contributed by atoms with E-state index >= 15 is 0 Å². The molecule has 4 unspecified atom stereocenters. The Kier molecular flexibility index (Phi) is 6.77. The van der Waals surface area contributed by atoms with E-state index in [0.717, 1.165) is 30.9 Å². The first-order valence-corrected chi connectivity index (χ1v) is 12.3. The van der Waals surface area contributed by atoms with Gasteiger partial charge in [0, 0.05) is 36.2 Å². The van der Waals surface area contributed by atoms with Crippen LogP contribution in [0.1, 0.15) is 53.7 Å². The Morgan fingerprint density at radius 2 is 1.77 bits per heavy atom. The summed E-state index contributed by atoms with van der Waals surface area (Å²) in [5.74, 6) is 0.344. The lowest BCUT2D eigenvalue weighted by atomic mass is 10.0. The van der Waals surface area contributed by atoms with Crippen molar-refractivity contribution in [3.63, 3.8) is 0 Å². The van der Waals surface area contributed by atoms with Crippen molar-refractivity contribution >= 4 is 11.8 Å². The van der Waals surface area contributed by atoms with Crippen molar-refractivity contribution in [2.24, 2.45) is 0 Å². The van der Waals surface area contributed by atoms with E-state index in [1.807, 2.05) is 12.1 Å². The number of hydrogen-bond acceptors (Lipinski definition) is 6. The third-order valence-corrected chi connectivity index (χ3v) is 7.33. The van der Waals surface area contributed by atoms with Crippen LogP contribution in [0.3, 0.4) is 0 Å². The molecule has 2 fully saturated rings. The number of aliphatic hydroxyl groups excluding tert-OH is 1. The van der Waals surface area contributed by atoms with Gasteiger partial charge in [-0.05, 0) is 43.5 Å². The van der Waals surface area contributed by atoms with Gasteiger partial charge in [-0.15, -0.1) is 0 Å². The second-order valence-corrected chi connectivity index (χ2v) is 9.85. The number of aliphatic hydroxyl groups is 1. The number of piperidine rings is 1. The minimum absolute atomic E-state index is 0.137. The van der Waals surface area contributed by atoms with Crippen LogP contribution in [0.15, 0.2) is 42.5 Å². The summed E-state index contributed by atoms with van der Waals surface area (Å²) in [7, 11) is 0. The monoisotopic (exact) mass is 479 g/mol. The van der Waals surface area contributed by atoms with E-state index in [-0.39, 0.29) is 11.8 Å². The number of rotatable bonds is 6. The minimum atomic E-state index is -1.05. The zero-order chi connectivity index (χ0) is 24.5. The average Bonchev–Trinajstić information content (AvgIpc) is 3.18. The van der Waals surface area contributed by atoms with Crippen molar-refractivity contribution < 1.29 is 24.2 Å². The molecular weight excluding hydrogens is 446 g/mol. The van der Waals surface area contributed by atoms with E-state index in [9.17, 15) is 14.7 Å². The van der Waals surface area contributed by atoms with Crippen molar-refractivity contribution in [3.8, 4) is 5.75 Å². The molecule has 3 aliphatic heterocycles. The van der Waals surface area contributed by atoms with Crippen LogP contribution in [0.25, 0.3) is 0 Å². The number of nitrogens with one attached hydrogen (secondary N) is 1. The van der Waals surface area contributed by atoms with Gasteiger partial charge < -0.3 is 24.8 Å². The van der Waals surface area contributed by atoms with Crippen LogP contribution in [0.5, 0.6) is 5.75 Å². The van der Waals surface area contributed by atoms with Crippen molar-refractivity contribution in [2.75, 3.05) is 13.2 Å². The summed E-state index contributed by atoms with van der Waals surface area (Å²) < 4.78 is 11.8. The van der Waals surface area contributed by atoms with Gasteiger partial charge in [-0.25, -0.2) is 0 Å². The van der Waals surface area contributed by atoms with Crippen LogP contribution in [-0.4, -0.2) is 64.3 Å². The Balaban J connectivity index is 1.23. The normalized spacial score (nSPS) is 27.0. The molecule has 8 nitrogen and oxygen atoms in total. The molecule has 2 N–H and O–H groups in total. The molecule has 0 spiro atoms. The molecule has 8 heteroatoms. The van der Waals surface area contributed by atoms with Gasteiger partial charge in [-0.2, -0.15) is 0 Å². The molecule has 0 saturated carbocycles. The summed E-state index contributed by atoms with van der Waals surface area (Å²) in [6.07, 6.45) is -0.317. The maximum Gasteiger partial charge on any atom is 0.255 e. The Labute approximate surface area is 205 Å². The van der Waals surface area contributed by atoms with E-state index in [4.69, 9.17) is 9.47 Å². The fraction of sp³-hybridized carbons (Fsp3) is 0.481. The SMILES string of the molecule is CC1COCC(C)N1Cc1ccc(COc2cccc3c2CN(C2CCC(=O)NC2O)C3=O)cc1. The third-order valence-electron chi connectivity index (χ3n) is 7.33. The van der Waals surface area contributed by atoms with Gasteiger partial charge in [0.05, 0.1) is 25.8 Å². The predicted octanol–water partition coefficient (Wildman–Crippen LogP) is 2.43. The van der Waals surface area contributed by atoms with Gasteiger partial charge in [0.2, 0.25) is 5.91 Å². The summed E-state index contributed by atoms with van der Waals surface area (Å²) in [6, 6.07) is 14.3. The maximum atomic E-state index is 13.0. The highest BCUT2D eigenvalue weighted by Crippen LogP contribution is 2.34. The number of ether oxygens (including phenoxy) is 2. The molecule has 0 bridgehead atoms. The second-order valence-electron chi connectivity index (χ2n) is 9.85. The first kappa shape index (κ1) is 23.8. The summed E-state index contributed by atoms with van der Waals surface area (Å²) in [5.41, 5.74) is 3.74. The summed E-state index contributed by atoms with van der Waals surface area (Å²) in [4.78, 5) is 28.7. The zero-order valence-electron chi connectivity index (χ0n) is 20.3. The van der Waals surface area contributed by atoms with Gasteiger partial charge in [0.25, 0.3) is 5.91 Å². The summed E-state index contributed by atoms with van der Waals surface area (Å²) >= 11 is 0. The molecule has 3 heterocycles. The molecule has 4 atom stereocenters. The van der Waals surface area contributed by atoms with Crippen LogP contribution in [0.2, 0.25) is 0 Å². The van der Waals surface area contributed by atoms with Crippen LogP contribution >= 0.6 is 0 Å². The smallest absolute Gasteiger partial charge is 0.255 e. The molecule has 2 aromatic carbocycles. The van der Waals surface area contributed by atoms with Gasteiger partial charge >= 0.3 is 0 Å². The highest BCUT2D eigenvalue weighted by atomic mass is 16.5. The molecule has 5 rings (SSSR count). The number of nitrogens with zero attached hydrogens (tertiary/aromatic N) is 2. The van der Waals surface area contributed by atoms with E-state index in [2.05, 4.69) is 48.3 Å². The third kappa shape index (κ3) is 4.91. The highest BCUT2D eigenvalue weighted by Gasteiger charge is 2.40. The Morgan fingerprint density at radius 3 is 2.49 bits per heavy atom. The molecule has 0 aromatic heterocycles. The number of amides is 2. The van der Waals surface area contributed by atoms with Crippen molar-refractivity contribution in [3.05, 3.63) is 64.7 Å². The average molecular weight is 480 g/mol. The molecular formula is C27H33N3O5. The molecule has 2 saturated heterocycles. The van der Waals surface area contributed by atoms with Gasteiger partial charge in [-0.3, -0.25) is 14.5 Å². The fourth-order valence-electron chi connectivity index (χ4n) is 5.29. The number of carbonyl (C=O) groups is 2. The van der Waals surface area contributed by atoms with E-state index in [0.29, 0.717) is 49.4 Å². The number of morpholine rings is 1. The topological polar surface area (TPSA) is 91.3 Å². The molecule has 0 aliphatic carbocycles. The Hall–Kier alpha value is -2.94. The van der Waals surface area contributed by atoms with Crippen molar-refractivity contribution in [2.45, 2.75) is 70.7 Å². The molecule has 2 amide bonds. The number of carbonyl (C=O) groups excluding carboxylic acids is 2. The Bertz CT molecular complexity index is 1080. The number of benzene rings is 2. The lowest BCUT2D eigenvalue weighted by Crippen LogP contribution is -2.55. The van der Waals surface area contributed by atoms with Crippen LogP contribution in [0, 0.1) is 0 Å². The fourth-order valence-corrected chi connectivity index (χ4v) is 5.29. The van der Waals surface area contributed by atoms with Crippen molar-refractivity contribution in [1.82, 2.24) is 15.1 Å². The van der Waals surface area contributed by atoms with Gasteiger partial charge in [0.15, 0.2) is 0 Å². The number of hydrogen-bond donors (Lipinski definition) is 2. The lowest BCUT2D eigenvalue weighted by molar-refractivity contribution is -0.129. The Morgan fingerprint density at radius 1 is 1.06 bits per heavy atom. The van der Waals surface area contributed by atoms with Gasteiger partial charge in [-0.1, -0.05) is 30.3 Å². The lowest BCUT2D eigenvalue weighted by Gasteiger charge is -2.38. The first-order chi connectivity index (χ1) is 16.9. The number of fused-ring (bicyclic) bond motifs is 1. The van der Waals surface area contributed by atoms with E-state index in [1.165, 1.54) is 5.56 Å². The standard InChI is InChI=1S/C27H33N3O5/c1-17-14-34-15-18(2)29(17)12-19-6-8-20(9-7-19)16-35-24-5-3-4-21-22(24)13-30(27(21)33)23-10-11-25(31)28-26(23)32/h3-9,17-18,23,26,32H,10-16H2,1-2H3,(H,28,31). The first-order valence-electron chi connectivity index (χ1n) is 12.3. The molecule has 0 radical (unpaired) electrons. The zero-order valence-corrected chi connectivity index (χ0v) is 20.3. The summed E-state index contributed by atoms with van der Waals surface area (Å²) in [5, 5.41) is 12.8. The minimum Gasteiger partial charge on any atom is -0.489 e. The molecule has 3 aliphatic rings. The second kappa shape index (κ2) is 9.97. The van der Waals surface area contributed by atoms with E-state index < -0.39 is 12.3 Å². The van der Waals surface area contributed by atoms with Crippen LogP contribution in [0.4, 0.5) is 0 Å². The highest BCUT2D eigenvalue weighted by molar-refractivity contribution is 5.99. The summed E-state index contributed by atoms with van der Waals surface area (Å²) in [6.45, 7) is 7.59. The maximum absolute atomic E-state index is 13.0. The molecule has 186 valence electrons. The molecule has 35 heavy (non-hydrogen) atoms. The quantitative estimate of drug-likeness (QED) is 0.661. The predicted molar refractivity (Wildman–Crippen MR) is 130 cm³/mol. The largest absolute Gasteiger partial charge is 0.489 e. The van der Waals surface area contributed by atoms with Crippen molar-refractivity contribution in [1.29, 1.82) is 0 Å². The van der Waals surface area contributed by atoms with E-state index in [1.54, 1.807) is 11.0 Å². The molecule has 2 aromatic rings. The van der Waals surface area contributed by atoms with Crippen LogP contribution < -0.4 is 10.1 Å². The van der Waals surface area contributed by atoms with Crippen LogP contribution in [-0.2, 0) is 29.2 Å². The van der Waals surface area contributed by atoms with Gasteiger partial charge in [0.1, 0.15) is 18.6 Å².